The molecule has 3 heterocycles. The molecule has 4 atom stereocenters. The Balaban J connectivity index is 1.41. The fraction of sp³-hybridized carbons (Fsp3) is 0.947. The Kier molecular flexibility index (Phi) is 4.50. The SMILES string of the molecule is CCN=C(NC1C2CCOC2C1(C)C)N1CCC(N2CCCC2)C1. The van der Waals surface area contributed by atoms with E-state index in [0.717, 1.165) is 38.2 Å². The summed E-state index contributed by atoms with van der Waals surface area (Å²) in [6, 6.07) is 1.23. The highest BCUT2D eigenvalue weighted by atomic mass is 16.5. The summed E-state index contributed by atoms with van der Waals surface area (Å²) in [4.78, 5) is 10.0. The van der Waals surface area contributed by atoms with E-state index in [-0.39, 0.29) is 5.41 Å². The molecule has 1 N–H and O–H groups in total. The number of nitrogens with one attached hydrogen (secondary N) is 1. The molecule has 4 unspecified atom stereocenters. The van der Waals surface area contributed by atoms with Crippen molar-refractivity contribution in [3.05, 3.63) is 0 Å². The molecule has 0 radical (unpaired) electrons. The predicted octanol–water partition coefficient (Wildman–Crippen LogP) is 1.94. The number of likely N-dealkylation sites (tertiary alicyclic amines) is 2. The van der Waals surface area contributed by atoms with Crippen LogP contribution in [0.1, 0.15) is 46.5 Å². The first kappa shape index (κ1) is 16.6. The standard InChI is InChI=1S/C19H34N4O/c1-4-20-18(21-16-15-8-12-24-17(15)19(16,2)3)23-11-7-14(13-23)22-9-5-6-10-22/h14-17H,4-13H2,1-3H3,(H,20,21). The molecule has 4 aliphatic rings. The molecule has 5 nitrogen and oxygen atoms in total. The van der Waals surface area contributed by atoms with Crippen LogP contribution < -0.4 is 5.32 Å². The van der Waals surface area contributed by atoms with Crippen LogP contribution in [0.15, 0.2) is 4.99 Å². The summed E-state index contributed by atoms with van der Waals surface area (Å²) < 4.78 is 5.95. The van der Waals surface area contributed by atoms with E-state index in [4.69, 9.17) is 9.73 Å². The Hall–Kier alpha value is -0.810. The number of fused-ring (bicyclic) bond motifs is 1. The fourth-order valence-electron chi connectivity index (χ4n) is 5.48. The lowest BCUT2D eigenvalue weighted by Crippen LogP contribution is -2.68. The van der Waals surface area contributed by atoms with E-state index in [1.807, 2.05) is 0 Å². The van der Waals surface area contributed by atoms with Crippen LogP contribution in [0.5, 0.6) is 0 Å². The van der Waals surface area contributed by atoms with Crippen LogP contribution in [0, 0.1) is 11.3 Å². The summed E-state index contributed by atoms with van der Waals surface area (Å²) in [5.74, 6) is 1.81. The third kappa shape index (κ3) is 2.74. The first-order valence-electron chi connectivity index (χ1n) is 10.0. The average Bonchev–Trinajstić information content (AvgIpc) is 3.31. The molecule has 0 aromatic carbocycles. The smallest absolute Gasteiger partial charge is 0.194 e. The van der Waals surface area contributed by atoms with Gasteiger partial charge in [0.1, 0.15) is 0 Å². The second kappa shape index (κ2) is 6.49. The van der Waals surface area contributed by atoms with Gasteiger partial charge < -0.3 is 15.0 Å². The van der Waals surface area contributed by atoms with Gasteiger partial charge in [-0.2, -0.15) is 0 Å². The number of rotatable bonds is 3. The van der Waals surface area contributed by atoms with Gasteiger partial charge in [0.15, 0.2) is 5.96 Å². The molecule has 1 saturated carbocycles. The minimum atomic E-state index is 0.212. The molecule has 0 aromatic rings. The van der Waals surface area contributed by atoms with Crippen molar-refractivity contribution in [3.63, 3.8) is 0 Å². The van der Waals surface area contributed by atoms with E-state index in [0.29, 0.717) is 18.1 Å². The second-order valence-corrected chi connectivity index (χ2v) is 8.62. The van der Waals surface area contributed by atoms with Crippen LogP contribution >= 0.6 is 0 Å². The number of hydrogen-bond acceptors (Lipinski definition) is 3. The second-order valence-electron chi connectivity index (χ2n) is 8.62. The lowest BCUT2D eigenvalue weighted by molar-refractivity contribution is -0.107. The van der Waals surface area contributed by atoms with Crippen LogP contribution in [0.3, 0.4) is 0 Å². The lowest BCUT2D eigenvalue weighted by atomic mass is 9.57. The van der Waals surface area contributed by atoms with Crippen molar-refractivity contribution < 1.29 is 4.74 Å². The Labute approximate surface area is 146 Å². The van der Waals surface area contributed by atoms with Gasteiger partial charge in [-0.3, -0.25) is 9.89 Å². The molecule has 0 aromatic heterocycles. The number of hydrogen-bond donors (Lipinski definition) is 1. The van der Waals surface area contributed by atoms with Gasteiger partial charge in [0.2, 0.25) is 0 Å². The number of guanidine groups is 1. The maximum atomic E-state index is 5.95. The minimum Gasteiger partial charge on any atom is -0.377 e. The molecule has 4 fully saturated rings. The van der Waals surface area contributed by atoms with Crippen molar-refractivity contribution >= 4 is 5.96 Å². The van der Waals surface area contributed by atoms with Gasteiger partial charge in [-0.1, -0.05) is 13.8 Å². The van der Waals surface area contributed by atoms with Gasteiger partial charge in [-0.05, 0) is 45.7 Å². The molecule has 0 spiro atoms. The van der Waals surface area contributed by atoms with Crippen molar-refractivity contribution in [3.8, 4) is 0 Å². The van der Waals surface area contributed by atoms with Crippen LogP contribution in [0.25, 0.3) is 0 Å². The van der Waals surface area contributed by atoms with Crippen molar-refractivity contribution in [2.75, 3.05) is 39.3 Å². The highest BCUT2D eigenvalue weighted by Gasteiger charge is 2.59. The van der Waals surface area contributed by atoms with Crippen molar-refractivity contribution in [2.24, 2.45) is 16.3 Å². The number of aliphatic imine (C=N–C) groups is 1. The van der Waals surface area contributed by atoms with E-state index in [9.17, 15) is 0 Å². The molecular formula is C19H34N4O. The zero-order valence-electron chi connectivity index (χ0n) is 15.6. The van der Waals surface area contributed by atoms with Crippen LogP contribution in [-0.2, 0) is 4.74 Å². The highest BCUT2D eigenvalue weighted by molar-refractivity contribution is 5.81. The van der Waals surface area contributed by atoms with E-state index >= 15 is 0 Å². The third-order valence-corrected chi connectivity index (χ3v) is 6.81. The van der Waals surface area contributed by atoms with Gasteiger partial charge in [0.25, 0.3) is 0 Å². The average molecular weight is 335 g/mol. The largest absolute Gasteiger partial charge is 0.377 e. The number of ether oxygens (including phenoxy) is 1. The fourth-order valence-corrected chi connectivity index (χ4v) is 5.48. The minimum absolute atomic E-state index is 0.212. The quantitative estimate of drug-likeness (QED) is 0.632. The lowest BCUT2D eigenvalue weighted by Gasteiger charge is -2.55. The predicted molar refractivity (Wildman–Crippen MR) is 97.3 cm³/mol. The Morgan fingerprint density at radius 2 is 2.00 bits per heavy atom. The zero-order chi connectivity index (χ0) is 16.7. The highest BCUT2D eigenvalue weighted by Crippen LogP contribution is 2.52. The van der Waals surface area contributed by atoms with Gasteiger partial charge in [0, 0.05) is 49.7 Å². The molecule has 4 rings (SSSR count). The normalized spacial score (nSPS) is 39.1. The van der Waals surface area contributed by atoms with Crippen molar-refractivity contribution in [2.45, 2.75) is 64.6 Å². The van der Waals surface area contributed by atoms with Crippen LogP contribution in [-0.4, -0.2) is 73.3 Å². The summed E-state index contributed by atoms with van der Waals surface area (Å²) in [7, 11) is 0. The molecule has 5 heteroatoms. The van der Waals surface area contributed by atoms with E-state index in [1.165, 1.54) is 38.8 Å². The molecule has 3 saturated heterocycles. The molecular weight excluding hydrogens is 300 g/mol. The first-order valence-corrected chi connectivity index (χ1v) is 10.0. The van der Waals surface area contributed by atoms with Gasteiger partial charge in [-0.25, -0.2) is 0 Å². The van der Waals surface area contributed by atoms with Gasteiger partial charge >= 0.3 is 0 Å². The summed E-state index contributed by atoms with van der Waals surface area (Å²) in [6.45, 7) is 13.5. The topological polar surface area (TPSA) is 40.1 Å². The van der Waals surface area contributed by atoms with Gasteiger partial charge in [0.05, 0.1) is 6.10 Å². The molecule has 24 heavy (non-hydrogen) atoms. The van der Waals surface area contributed by atoms with Crippen molar-refractivity contribution in [1.82, 2.24) is 15.1 Å². The first-order chi connectivity index (χ1) is 11.6. The molecule has 136 valence electrons. The summed E-state index contributed by atoms with van der Waals surface area (Å²) in [5, 5.41) is 3.85. The number of nitrogens with zero attached hydrogens (tertiary/aromatic N) is 3. The Bertz CT molecular complexity index is 486. The van der Waals surface area contributed by atoms with Crippen LogP contribution in [0.4, 0.5) is 0 Å². The maximum Gasteiger partial charge on any atom is 0.194 e. The Morgan fingerprint density at radius 3 is 2.75 bits per heavy atom. The van der Waals surface area contributed by atoms with Crippen LogP contribution in [0.2, 0.25) is 0 Å². The summed E-state index contributed by atoms with van der Waals surface area (Å²) in [5.41, 5.74) is 0.212. The zero-order valence-corrected chi connectivity index (χ0v) is 15.6. The van der Waals surface area contributed by atoms with E-state index in [2.05, 4.69) is 35.9 Å². The molecule has 0 bridgehead atoms. The molecule has 3 aliphatic heterocycles. The molecule has 1 aliphatic carbocycles. The summed E-state index contributed by atoms with van der Waals surface area (Å²) in [6.07, 6.45) is 5.68. The summed E-state index contributed by atoms with van der Waals surface area (Å²) >= 11 is 0. The maximum absolute atomic E-state index is 5.95. The van der Waals surface area contributed by atoms with E-state index in [1.54, 1.807) is 0 Å². The van der Waals surface area contributed by atoms with E-state index < -0.39 is 0 Å². The third-order valence-electron chi connectivity index (χ3n) is 6.81. The monoisotopic (exact) mass is 334 g/mol. The molecule has 0 amide bonds. The van der Waals surface area contributed by atoms with Gasteiger partial charge in [-0.15, -0.1) is 0 Å². The Morgan fingerprint density at radius 1 is 1.21 bits per heavy atom. The van der Waals surface area contributed by atoms with Crippen molar-refractivity contribution in [1.29, 1.82) is 0 Å².